The van der Waals surface area contributed by atoms with Crippen LogP contribution in [0.1, 0.15) is 39.5 Å². The fourth-order valence-corrected chi connectivity index (χ4v) is 3.77. The number of carbonyl (C=O) groups is 1. The van der Waals surface area contributed by atoms with Crippen molar-refractivity contribution in [2.24, 2.45) is 5.92 Å². The summed E-state index contributed by atoms with van der Waals surface area (Å²) < 4.78 is 28.1. The highest BCUT2D eigenvalue weighted by Gasteiger charge is 2.62. The molecule has 0 aromatic rings. The van der Waals surface area contributed by atoms with Crippen LogP contribution in [0.15, 0.2) is 0 Å². The van der Waals surface area contributed by atoms with Crippen molar-refractivity contribution >= 4 is 5.97 Å². The Morgan fingerprint density at radius 2 is 1.80 bits per heavy atom. The summed E-state index contributed by atoms with van der Waals surface area (Å²) in [6.45, 7) is 3.40. The molecule has 1 aliphatic carbocycles. The molecule has 1 heterocycles. The number of carbonyl (C=O) groups excluding carboxylic acids is 1. The summed E-state index contributed by atoms with van der Waals surface area (Å²) in [5, 5.41) is 19.7. The molecule has 6 atom stereocenters. The van der Waals surface area contributed by atoms with Crippen LogP contribution in [0, 0.1) is 17.2 Å². The normalized spacial score (nSPS) is 43.8. The Morgan fingerprint density at radius 3 is 2.32 bits per heavy atom. The van der Waals surface area contributed by atoms with Gasteiger partial charge in [-0.3, -0.25) is 0 Å². The van der Waals surface area contributed by atoms with Crippen LogP contribution in [0.25, 0.3) is 0 Å². The third-order valence-corrected chi connectivity index (χ3v) is 5.50. The van der Waals surface area contributed by atoms with Gasteiger partial charge in [-0.2, -0.15) is 5.26 Å². The number of hydrogen-bond acceptors (Lipinski definition) is 8. The fourth-order valence-electron chi connectivity index (χ4n) is 3.77. The molecule has 142 valence electrons. The van der Waals surface area contributed by atoms with Gasteiger partial charge in [-0.1, -0.05) is 0 Å². The monoisotopic (exact) mass is 357 g/mol. The standard InChI is InChI=1S/C17H27NO7/c1-15(22-4)16(2,23-5)25-13-11(7-6-8-18)9-17(20,14(19)21-3)10-12(13)24-15/h11-13,20H,6-7,9-10H2,1-5H3/t11-,12+,13+,15-,16-,17-/m0/s1. The highest BCUT2D eigenvalue weighted by molar-refractivity contribution is 5.79. The summed E-state index contributed by atoms with van der Waals surface area (Å²) in [5.74, 6) is -3.37. The number of ether oxygens (including phenoxy) is 5. The Morgan fingerprint density at radius 1 is 1.20 bits per heavy atom. The van der Waals surface area contributed by atoms with Gasteiger partial charge in [0.25, 0.3) is 0 Å². The fraction of sp³-hybridized carbons (Fsp3) is 0.882. The van der Waals surface area contributed by atoms with Crippen molar-refractivity contribution in [1.82, 2.24) is 0 Å². The lowest BCUT2D eigenvalue weighted by Gasteiger charge is -2.56. The average molecular weight is 357 g/mol. The van der Waals surface area contributed by atoms with E-state index in [-0.39, 0.29) is 25.2 Å². The summed E-state index contributed by atoms with van der Waals surface area (Å²) >= 11 is 0. The number of fused-ring (bicyclic) bond motifs is 1. The summed E-state index contributed by atoms with van der Waals surface area (Å²) in [4.78, 5) is 12.1. The molecular formula is C17H27NO7. The summed E-state index contributed by atoms with van der Waals surface area (Å²) in [6.07, 6.45) is -0.147. The summed E-state index contributed by atoms with van der Waals surface area (Å²) in [5.41, 5.74) is -1.69. The second-order valence-electron chi connectivity index (χ2n) is 6.93. The van der Waals surface area contributed by atoms with Crippen molar-refractivity contribution in [2.75, 3.05) is 21.3 Å². The van der Waals surface area contributed by atoms with E-state index in [0.29, 0.717) is 6.42 Å². The van der Waals surface area contributed by atoms with E-state index in [1.807, 2.05) is 0 Å². The maximum absolute atomic E-state index is 12.1. The largest absolute Gasteiger partial charge is 0.467 e. The average Bonchev–Trinajstić information content (AvgIpc) is 2.60. The van der Waals surface area contributed by atoms with E-state index >= 15 is 0 Å². The molecule has 1 aliphatic heterocycles. The zero-order valence-corrected chi connectivity index (χ0v) is 15.4. The second kappa shape index (κ2) is 7.17. The lowest BCUT2D eigenvalue weighted by molar-refractivity contribution is -0.459. The first kappa shape index (κ1) is 20.1. The number of aliphatic hydroxyl groups is 1. The van der Waals surface area contributed by atoms with E-state index in [2.05, 4.69) is 6.07 Å². The Kier molecular flexibility index (Phi) is 5.76. The zero-order chi connectivity index (χ0) is 18.9. The molecule has 0 amide bonds. The van der Waals surface area contributed by atoms with Gasteiger partial charge in [-0.25, -0.2) is 4.79 Å². The van der Waals surface area contributed by atoms with Crippen LogP contribution in [0.4, 0.5) is 0 Å². The van der Waals surface area contributed by atoms with Crippen LogP contribution in [0.3, 0.4) is 0 Å². The molecule has 2 aliphatic rings. The molecule has 1 saturated carbocycles. The molecule has 1 N–H and O–H groups in total. The van der Waals surface area contributed by atoms with E-state index in [1.54, 1.807) is 13.8 Å². The molecule has 8 heteroatoms. The van der Waals surface area contributed by atoms with Gasteiger partial charge >= 0.3 is 5.97 Å². The zero-order valence-electron chi connectivity index (χ0n) is 15.4. The van der Waals surface area contributed by atoms with Gasteiger partial charge in [0.15, 0.2) is 5.60 Å². The van der Waals surface area contributed by atoms with Gasteiger partial charge in [-0.15, -0.1) is 0 Å². The van der Waals surface area contributed by atoms with Crippen molar-refractivity contribution in [3.05, 3.63) is 0 Å². The van der Waals surface area contributed by atoms with E-state index in [9.17, 15) is 9.90 Å². The van der Waals surface area contributed by atoms with Crippen LogP contribution in [-0.2, 0) is 28.5 Å². The first-order valence-corrected chi connectivity index (χ1v) is 8.32. The molecule has 0 aromatic carbocycles. The Bertz CT molecular complexity index is 550. The Balaban J connectivity index is 2.36. The minimum atomic E-state index is -1.69. The highest BCUT2D eigenvalue weighted by atomic mass is 16.8. The van der Waals surface area contributed by atoms with Gasteiger partial charge in [-0.05, 0) is 32.6 Å². The van der Waals surface area contributed by atoms with Crippen molar-refractivity contribution < 1.29 is 33.6 Å². The second-order valence-corrected chi connectivity index (χ2v) is 6.93. The molecule has 0 spiro atoms. The molecular weight excluding hydrogens is 330 g/mol. The van der Waals surface area contributed by atoms with Crippen molar-refractivity contribution in [3.8, 4) is 6.07 Å². The van der Waals surface area contributed by atoms with Crippen LogP contribution < -0.4 is 0 Å². The maximum atomic E-state index is 12.1. The molecule has 8 nitrogen and oxygen atoms in total. The van der Waals surface area contributed by atoms with Gasteiger partial charge in [0.05, 0.1) is 25.4 Å². The van der Waals surface area contributed by atoms with Gasteiger partial charge in [0.1, 0.15) is 0 Å². The first-order chi connectivity index (χ1) is 11.7. The lowest BCUT2D eigenvalue weighted by atomic mass is 9.72. The highest BCUT2D eigenvalue weighted by Crippen LogP contribution is 2.48. The Labute approximate surface area is 147 Å². The van der Waals surface area contributed by atoms with E-state index < -0.39 is 35.4 Å². The van der Waals surface area contributed by atoms with Crippen LogP contribution in [0.2, 0.25) is 0 Å². The molecule has 25 heavy (non-hydrogen) atoms. The predicted molar refractivity (Wildman–Crippen MR) is 85.1 cm³/mol. The molecule has 0 aromatic heterocycles. The van der Waals surface area contributed by atoms with Gasteiger partial charge in [0, 0.05) is 27.1 Å². The predicted octanol–water partition coefficient (Wildman–Crippen LogP) is 1.11. The molecule has 2 rings (SSSR count). The minimum Gasteiger partial charge on any atom is -0.467 e. The van der Waals surface area contributed by atoms with Crippen molar-refractivity contribution in [3.63, 3.8) is 0 Å². The molecule has 1 saturated heterocycles. The lowest BCUT2D eigenvalue weighted by Crippen LogP contribution is -2.69. The quantitative estimate of drug-likeness (QED) is 0.729. The minimum absolute atomic E-state index is 0.0200. The van der Waals surface area contributed by atoms with E-state index in [0.717, 1.165) is 0 Å². The van der Waals surface area contributed by atoms with Gasteiger partial charge in [0.2, 0.25) is 11.6 Å². The first-order valence-electron chi connectivity index (χ1n) is 8.32. The SMILES string of the molecule is COC(=O)[C@]1(O)C[C@H](CCC#N)[C@H]2O[C@](C)(OC)[C@@](C)(OC)O[C@@H]2C1. The maximum Gasteiger partial charge on any atom is 0.337 e. The van der Waals surface area contributed by atoms with Crippen LogP contribution in [-0.4, -0.2) is 61.8 Å². The van der Waals surface area contributed by atoms with Crippen molar-refractivity contribution in [2.45, 2.75) is 68.9 Å². The summed E-state index contributed by atoms with van der Waals surface area (Å²) in [6, 6.07) is 2.09. The number of esters is 1. The molecule has 2 fully saturated rings. The number of rotatable bonds is 5. The number of methoxy groups -OCH3 is 3. The number of nitrogens with zero attached hydrogens (tertiary/aromatic N) is 1. The molecule has 0 bridgehead atoms. The third-order valence-electron chi connectivity index (χ3n) is 5.50. The molecule has 0 radical (unpaired) electrons. The van der Waals surface area contributed by atoms with Crippen molar-refractivity contribution in [1.29, 1.82) is 5.26 Å². The summed E-state index contributed by atoms with van der Waals surface area (Å²) in [7, 11) is 4.21. The van der Waals surface area contributed by atoms with E-state index in [4.69, 9.17) is 28.9 Å². The molecule has 0 unspecified atom stereocenters. The Hall–Kier alpha value is -1.24. The van der Waals surface area contributed by atoms with Crippen LogP contribution >= 0.6 is 0 Å². The smallest absolute Gasteiger partial charge is 0.337 e. The topological polar surface area (TPSA) is 107 Å². The van der Waals surface area contributed by atoms with Crippen LogP contribution in [0.5, 0.6) is 0 Å². The number of nitriles is 1. The van der Waals surface area contributed by atoms with Gasteiger partial charge < -0.3 is 28.8 Å². The number of hydrogen-bond donors (Lipinski definition) is 1. The van der Waals surface area contributed by atoms with E-state index in [1.165, 1.54) is 21.3 Å². The third kappa shape index (κ3) is 3.39.